The molecule has 0 N–H and O–H groups in total. The summed E-state index contributed by atoms with van der Waals surface area (Å²) in [5.41, 5.74) is 1.10. The topological polar surface area (TPSA) is 61.8 Å². The number of nitrogens with zero attached hydrogens (tertiary/aromatic N) is 1. The molecule has 2 atom stereocenters. The van der Waals surface area contributed by atoms with Crippen LogP contribution < -0.4 is 0 Å². The van der Waals surface area contributed by atoms with E-state index in [9.17, 15) is 9.59 Å². The van der Waals surface area contributed by atoms with Gasteiger partial charge >= 0.3 is 19.6 Å². The molecule has 6 nitrogen and oxygen atoms in total. The molecule has 0 spiro atoms. The predicted molar refractivity (Wildman–Crippen MR) is 85.9 cm³/mol. The van der Waals surface area contributed by atoms with Crippen molar-refractivity contribution in [3.05, 3.63) is 42.9 Å². The Hall–Kier alpha value is -1.86. The van der Waals surface area contributed by atoms with E-state index in [0.29, 0.717) is 6.61 Å². The summed E-state index contributed by atoms with van der Waals surface area (Å²) in [5, 5.41) is 0. The van der Waals surface area contributed by atoms with Gasteiger partial charge < -0.3 is 18.5 Å². The van der Waals surface area contributed by atoms with E-state index in [1.54, 1.807) is 0 Å². The molecule has 1 saturated carbocycles. The Morgan fingerprint density at radius 2 is 1.79 bits per heavy atom. The zero-order valence-electron chi connectivity index (χ0n) is 13.6. The van der Waals surface area contributed by atoms with E-state index in [-0.39, 0.29) is 29.7 Å². The predicted octanol–water partition coefficient (Wildman–Crippen LogP) is 1.37. The summed E-state index contributed by atoms with van der Waals surface area (Å²) >= 11 is 0. The Morgan fingerprint density at radius 3 is 2.46 bits per heavy atom. The Morgan fingerprint density at radius 1 is 1.12 bits per heavy atom. The molecule has 1 heterocycles. The van der Waals surface area contributed by atoms with Crippen molar-refractivity contribution in [2.75, 3.05) is 13.1 Å². The van der Waals surface area contributed by atoms with Gasteiger partial charge in [0.25, 0.3) is 0 Å². The third-order valence-electron chi connectivity index (χ3n) is 4.68. The van der Waals surface area contributed by atoms with Gasteiger partial charge in [0, 0.05) is 0 Å². The fraction of sp³-hybridized carbons (Fsp3) is 0.471. The zero-order valence-corrected chi connectivity index (χ0v) is 13.6. The molecular formula is C17H21BNO5. The molecule has 1 aliphatic heterocycles. The number of carbonyl (C=O) groups is 2. The van der Waals surface area contributed by atoms with E-state index in [2.05, 4.69) is 7.05 Å². The Bertz CT molecular complexity index is 576. The van der Waals surface area contributed by atoms with Crippen LogP contribution in [0, 0.1) is 7.05 Å². The largest absolute Gasteiger partial charge is 0.662 e. The summed E-state index contributed by atoms with van der Waals surface area (Å²) in [4.78, 5) is 23.7. The number of ether oxygens (including phenoxy) is 1. The van der Waals surface area contributed by atoms with Gasteiger partial charge in [0.15, 0.2) is 13.1 Å². The Balaban J connectivity index is 1.70. The molecule has 1 radical (unpaired) electrons. The monoisotopic (exact) mass is 330 g/mol. The van der Waals surface area contributed by atoms with Crippen LogP contribution >= 0.6 is 0 Å². The van der Waals surface area contributed by atoms with Crippen LogP contribution in [0.15, 0.2) is 30.3 Å². The quantitative estimate of drug-likeness (QED) is 0.474. The van der Waals surface area contributed by atoms with Crippen molar-refractivity contribution >= 4 is 19.6 Å². The molecule has 1 aromatic rings. The molecule has 0 bridgehead atoms. The minimum Gasteiger partial charge on any atom is -0.495 e. The minimum absolute atomic E-state index is 0.0188. The van der Waals surface area contributed by atoms with E-state index < -0.39 is 11.9 Å². The van der Waals surface area contributed by atoms with Crippen LogP contribution in [-0.4, -0.2) is 49.3 Å². The van der Waals surface area contributed by atoms with Crippen molar-refractivity contribution in [3.8, 4) is 0 Å². The molecule has 7 heteroatoms. The van der Waals surface area contributed by atoms with Crippen molar-refractivity contribution in [1.82, 2.24) is 0 Å². The molecule has 3 rings (SSSR count). The van der Waals surface area contributed by atoms with Gasteiger partial charge in [-0.25, -0.2) is 9.59 Å². The van der Waals surface area contributed by atoms with Crippen LogP contribution in [0.5, 0.6) is 0 Å². The van der Waals surface area contributed by atoms with E-state index >= 15 is 0 Å². The maximum Gasteiger partial charge on any atom is 0.662 e. The molecule has 0 amide bonds. The molecule has 2 fully saturated rings. The first-order valence-electron chi connectivity index (χ1n) is 8.14. The van der Waals surface area contributed by atoms with Crippen molar-refractivity contribution in [1.29, 1.82) is 0 Å². The van der Waals surface area contributed by atoms with Crippen molar-refractivity contribution in [2.45, 2.75) is 38.0 Å². The first kappa shape index (κ1) is 17.0. The molecule has 1 unspecified atom stereocenters. The fourth-order valence-electron chi connectivity index (χ4n) is 3.52. The Labute approximate surface area is 142 Å². The van der Waals surface area contributed by atoms with E-state index in [0.717, 1.165) is 32.5 Å². The molecule has 1 aliphatic carbocycles. The first-order valence-corrected chi connectivity index (χ1v) is 8.14. The second-order valence-corrected chi connectivity index (χ2v) is 6.44. The van der Waals surface area contributed by atoms with Crippen LogP contribution in [0.1, 0.15) is 24.8 Å². The van der Waals surface area contributed by atoms with Gasteiger partial charge in [0.1, 0.15) is 6.10 Å². The van der Waals surface area contributed by atoms with E-state index in [1.807, 2.05) is 30.3 Å². The van der Waals surface area contributed by atoms with Gasteiger partial charge in [0.05, 0.1) is 12.6 Å². The van der Waals surface area contributed by atoms with Crippen molar-refractivity contribution < 1.29 is 28.1 Å². The molecule has 24 heavy (non-hydrogen) atoms. The summed E-state index contributed by atoms with van der Waals surface area (Å²) in [6, 6.07) is 9.90. The van der Waals surface area contributed by atoms with Crippen molar-refractivity contribution in [2.24, 2.45) is 0 Å². The number of carbonyl (C=O) groups excluding carboxylic acids is 2. The average molecular weight is 330 g/mol. The lowest BCUT2D eigenvalue weighted by atomic mass is 10.1. The first-order chi connectivity index (χ1) is 11.6. The molecule has 2 aliphatic rings. The smallest absolute Gasteiger partial charge is 0.495 e. The van der Waals surface area contributed by atoms with Gasteiger partial charge in [-0.05, 0) is 24.8 Å². The highest BCUT2D eigenvalue weighted by molar-refractivity contribution is 6.26. The highest BCUT2D eigenvalue weighted by atomic mass is 16.6. The van der Waals surface area contributed by atoms with Crippen LogP contribution in [0.3, 0.4) is 0 Å². The summed E-state index contributed by atoms with van der Waals surface area (Å²) in [7, 11) is 4.96. The van der Waals surface area contributed by atoms with Gasteiger partial charge in [-0.3, -0.25) is 0 Å². The number of hydrogen-bond donors (Lipinski definition) is 0. The number of quaternary nitrogens is 1. The molecule has 0 aromatic heterocycles. The second kappa shape index (κ2) is 7.36. The van der Waals surface area contributed by atoms with Gasteiger partial charge in [-0.1, -0.05) is 30.3 Å². The van der Waals surface area contributed by atoms with Gasteiger partial charge in [0.2, 0.25) is 0 Å². The van der Waals surface area contributed by atoms with E-state index in [1.165, 1.54) is 0 Å². The minimum atomic E-state index is -0.453. The summed E-state index contributed by atoms with van der Waals surface area (Å²) in [6.45, 7) is 0.563. The van der Waals surface area contributed by atoms with Crippen LogP contribution in [-0.2, 0) is 30.2 Å². The standard InChI is InChI=1S/C17H21BNO5/c1-19(10-16(20)23-18-24-17(21)11-19)14-8-5-9-15(14)22-12-13-6-3-2-4-7-13/h2-4,6-7,14-15H,1,5,8-12H2/t14?,15-/m1/s1. The molecule has 1 saturated heterocycles. The number of rotatable bonds is 4. The maximum absolute atomic E-state index is 11.9. The lowest BCUT2D eigenvalue weighted by Crippen LogP contribution is -2.60. The summed E-state index contributed by atoms with van der Waals surface area (Å²) < 4.78 is 15.7. The Kier molecular flexibility index (Phi) is 5.21. The third kappa shape index (κ3) is 3.97. The van der Waals surface area contributed by atoms with Gasteiger partial charge in [-0.15, -0.1) is 7.05 Å². The van der Waals surface area contributed by atoms with Crippen molar-refractivity contribution in [3.63, 3.8) is 0 Å². The molecule has 1 aromatic carbocycles. The summed E-state index contributed by atoms with van der Waals surface area (Å²) in [6.07, 6.45) is 2.68. The second-order valence-electron chi connectivity index (χ2n) is 6.44. The third-order valence-corrected chi connectivity index (χ3v) is 4.68. The fourth-order valence-corrected chi connectivity index (χ4v) is 3.52. The highest BCUT2D eigenvalue weighted by Crippen LogP contribution is 2.32. The lowest BCUT2D eigenvalue weighted by molar-refractivity contribution is -0.899. The number of hydrogen-bond acceptors (Lipinski definition) is 5. The van der Waals surface area contributed by atoms with Gasteiger partial charge in [-0.2, -0.15) is 0 Å². The highest BCUT2D eigenvalue weighted by Gasteiger charge is 2.42. The summed E-state index contributed by atoms with van der Waals surface area (Å²) in [5.74, 6) is -0.905. The van der Waals surface area contributed by atoms with E-state index in [4.69, 9.17) is 14.0 Å². The average Bonchev–Trinajstić information content (AvgIpc) is 3.02. The normalized spacial score (nSPS) is 26.7. The molecule has 127 valence electrons. The van der Waals surface area contributed by atoms with Crippen LogP contribution in [0.4, 0.5) is 0 Å². The van der Waals surface area contributed by atoms with Crippen LogP contribution in [0.25, 0.3) is 0 Å². The lowest BCUT2D eigenvalue weighted by Gasteiger charge is -2.48. The number of benzene rings is 1. The molecular weight excluding hydrogens is 309 g/mol. The zero-order chi connectivity index (χ0) is 17.0. The SMILES string of the molecule is [CH2-][N+]1(C2CCC[C@H]2OCc2ccccc2)CC(=O)O[B]OC(=O)C1. The maximum atomic E-state index is 11.9. The van der Waals surface area contributed by atoms with Crippen LogP contribution in [0.2, 0.25) is 0 Å².